The van der Waals surface area contributed by atoms with Gasteiger partial charge in [-0.1, -0.05) is 0 Å². The van der Waals surface area contributed by atoms with E-state index in [1.54, 1.807) is 0 Å². The van der Waals surface area contributed by atoms with Gasteiger partial charge in [-0.3, -0.25) is 4.79 Å². The summed E-state index contributed by atoms with van der Waals surface area (Å²) in [6.45, 7) is 0. The van der Waals surface area contributed by atoms with Gasteiger partial charge < -0.3 is 10.8 Å². The first-order chi connectivity index (χ1) is 4.04. The highest BCUT2D eigenvalue weighted by Crippen LogP contribution is 2.01. The zero-order valence-electron chi connectivity index (χ0n) is 4.96. The van der Waals surface area contributed by atoms with Gasteiger partial charge in [-0.2, -0.15) is 0 Å². The van der Waals surface area contributed by atoms with Gasteiger partial charge >= 0.3 is 5.97 Å². The van der Waals surface area contributed by atoms with E-state index < -0.39 is 24.9 Å². The third kappa shape index (κ3) is 5.71. The van der Waals surface area contributed by atoms with Crippen LogP contribution in [0.25, 0.3) is 0 Å². The molecular weight excluding hydrogens is 167 g/mol. The second-order valence-electron chi connectivity index (χ2n) is 1.57. The number of halogens is 3. The molecule has 0 aliphatic carbocycles. The Labute approximate surface area is 62.6 Å². The summed E-state index contributed by atoms with van der Waals surface area (Å²) >= 11 is 0. The summed E-state index contributed by atoms with van der Waals surface area (Å²) in [5.41, 5.74) is 4.74. The topological polar surface area (TPSA) is 63.3 Å². The first-order valence-corrected chi connectivity index (χ1v) is 2.30. The largest absolute Gasteiger partial charge is 0.480 e. The molecule has 1 atom stereocenters. The Kier molecular flexibility index (Phi) is 6.59. The Morgan fingerprint density at radius 3 is 2.10 bits per heavy atom. The van der Waals surface area contributed by atoms with Crippen LogP contribution in [0.15, 0.2) is 0 Å². The molecule has 6 heteroatoms. The molecule has 62 valence electrons. The van der Waals surface area contributed by atoms with Crippen molar-refractivity contribution in [3.05, 3.63) is 0 Å². The van der Waals surface area contributed by atoms with Gasteiger partial charge in [-0.15, -0.1) is 12.4 Å². The van der Waals surface area contributed by atoms with E-state index in [0.717, 1.165) is 0 Å². The van der Waals surface area contributed by atoms with Crippen molar-refractivity contribution in [1.29, 1.82) is 0 Å². The van der Waals surface area contributed by atoms with Gasteiger partial charge in [0.05, 0.1) is 0 Å². The second kappa shape index (κ2) is 5.37. The third-order valence-electron chi connectivity index (χ3n) is 0.749. The lowest BCUT2D eigenvalue weighted by molar-refractivity contribution is -0.139. The van der Waals surface area contributed by atoms with Gasteiger partial charge in [0, 0.05) is 6.42 Å². The van der Waals surface area contributed by atoms with E-state index in [0.29, 0.717) is 0 Å². The number of carbonyl (C=O) groups is 1. The fourth-order valence-electron chi connectivity index (χ4n) is 0.293. The summed E-state index contributed by atoms with van der Waals surface area (Å²) in [4.78, 5) is 9.78. The lowest BCUT2D eigenvalue weighted by Crippen LogP contribution is -2.31. The number of carboxylic acid groups (broad SMARTS) is 1. The molecule has 0 aliphatic rings. The summed E-state index contributed by atoms with van der Waals surface area (Å²) in [6.07, 6.45) is -3.42. The smallest absolute Gasteiger partial charge is 0.320 e. The number of carboxylic acids is 1. The molecule has 0 bridgehead atoms. The van der Waals surface area contributed by atoms with Gasteiger partial charge in [-0.25, -0.2) is 8.78 Å². The van der Waals surface area contributed by atoms with Crippen LogP contribution in [0.5, 0.6) is 0 Å². The zero-order valence-corrected chi connectivity index (χ0v) is 5.78. The second-order valence-corrected chi connectivity index (χ2v) is 1.57. The van der Waals surface area contributed by atoms with Crippen molar-refractivity contribution in [2.45, 2.75) is 18.9 Å². The molecule has 10 heavy (non-hydrogen) atoms. The molecule has 0 unspecified atom stereocenters. The molecule has 0 saturated heterocycles. The highest BCUT2D eigenvalue weighted by molar-refractivity contribution is 5.85. The van der Waals surface area contributed by atoms with Gasteiger partial charge in [0.2, 0.25) is 6.43 Å². The Hall–Kier alpha value is -0.420. The van der Waals surface area contributed by atoms with Gasteiger partial charge in [0.1, 0.15) is 6.04 Å². The van der Waals surface area contributed by atoms with E-state index in [4.69, 9.17) is 10.8 Å². The molecule has 0 aromatic rings. The SMILES string of the molecule is Cl.N[C@@H](CC(F)F)C(=O)O. The molecule has 0 saturated carbocycles. The van der Waals surface area contributed by atoms with Crippen LogP contribution in [-0.2, 0) is 4.79 Å². The van der Waals surface area contributed by atoms with Crippen LogP contribution in [0, 0.1) is 0 Å². The third-order valence-corrected chi connectivity index (χ3v) is 0.749. The van der Waals surface area contributed by atoms with Crippen molar-refractivity contribution in [1.82, 2.24) is 0 Å². The average Bonchev–Trinajstić information content (AvgIpc) is 1.63. The highest BCUT2D eigenvalue weighted by atomic mass is 35.5. The minimum atomic E-state index is -2.64. The van der Waals surface area contributed by atoms with Crippen molar-refractivity contribution < 1.29 is 18.7 Å². The lowest BCUT2D eigenvalue weighted by atomic mass is 10.2. The zero-order chi connectivity index (χ0) is 7.44. The first kappa shape index (κ1) is 12.3. The molecule has 0 heterocycles. The summed E-state index contributed by atoms with van der Waals surface area (Å²) < 4.78 is 22.6. The molecule has 0 rings (SSSR count). The Morgan fingerprint density at radius 1 is 1.60 bits per heavy atom. The van der Waals surface area contributed by atoms with Crippen molar-refractivity contribution in [2.75, 3.05) is 0 Å². The molecule has 0 spiro atoms. The number of hydrogen-bond donors (Lipinski definition) is 2. The minimum absolute atomic E-state index is 0. The number of alkyl halides is 2. The maximum Gasteiger partial charge on any atom is 0.320 e. The fraction of sp³-hybridized carbons (Fsp3) is 0.750. The molecule has 3 N–H and O–H groups in total. The van der Waals surface area contributed by atoms with E-state index in [-0.39, 0.29) is 12.4 Å². The minimum Gasteiger partial charge on any atom is -0.480 e. The van der Waals surface area contributed by atoms with Crippen LogP contribution in [0.3, 0.4) is 0 Å². The molecule has 0 amide bonds. The number of rotatable bonds is 3. The van der Waals surface area contributed by atoms with Crippen molar-refractivity contribution in [3.63, 3.8) is 0 Å². The van der Waals surface area contributed by atoms with E-state index in [1.807, 2.05) is 0 Å². The van der Waals surface area contributed by atoms with Crippen LogP contribution >= 0.6 is 12.4 Å². The monoisotopic (exact) mass is 175 g/mol. The van der Waals surface area contributed by atoms with Crippen LogP contribution in [0.2, 0.25) is 0 Å². The number of aliphatic carboxylic acids is 1. The number of nitrogens with two attached hydrogens (primary N) is 1. The quantitative estimate of drug-likeness (QED) is 0.656. The standard InChI is InChI=1S/C4H7F2NO2.ClH/c5-3(6)1-2(7)4(8)9;/h2-3H,1,7H2,(H,8,9);1H/t2-;/m0./s1. The van der Waals surface area contributed by atoms with Crippen molar-refractivity contribution in [2.24, 2.45) is 5.73 Å². The molecule has 0 radical (unpaired) electrons. The predicted molar refractivity (Wildman–Crippen MR) is 33.5 cm³/mol. The fourth-order valence-corrected chi connectivity index (χ4v) is 0.293. The van der Waals surface area contributed by atoms with Crippen LogP contribution in [-0.4, -0.2) is 23.5 Å². The highest BCUT2D eigenvalue weighted by Gasteiger charge is 2.16. The maximum atomic E-state index is 11.3. The van der Waals surface area contributed by atoms with Gasteiger partial charge in [0.15, 0.2) is 0 Å². The van der Waals surface area contributed by atoms with Gasteiger partial charge in [-0.05, 0) is 0 Å². The first-order valence-electron chi connectivity index (χ1n) is 2.30. The molecule has 0 fully saturated rings. The number of hydrogen-bond acceptors (Lipinski definition) is 2. The van der Waals surface area contributed by atoms with E-state index in [1.165, 1.54) is 0 Å². The molecule has 3 nitrogen and oxygen atoms in total. The molecule has 0 aromatic carbocycles. The van der Waals surface area contributed by atoms with Crippen LogP contribution in [0.1, 0.15) is 6.42 Å². The molecular formula is C4H8ClF2NO2. The summed E-state index contributed by atoms with van der Waals surface area (Å²) in [7, 11) is 0. The maximum absolute atomic E-state index is 11.3. The van der Waals surface area contributed by atoms with Crippen LogP contribution < -0.4 is 5.73 Å². The van der Waals surface area contributed by atoms with E-state index in [9.17, 15) is 13.6 Å². The van der Waals surface area contributed by atoms with E-state index in [2.05, 4.69) is 0 Å². The van der Waals surface area contributed by atoms with Gasteiger partial charge in [0.25, 0.3) is 0 Å². The van der Waals surface area contributed by atoms with Crippen molar-refractivity contribution in [3.8, 4) is 0 Å². The lowest BCUT2D eigenvalue weighted by Gasteiger charge is -2.02. The summed E-state index contributed by atoms with van der Waals surface area (Å²) in [5.74, 6) is -1.39. The van der Waals surface area contributed by atoms with E-state index >= 15 is 0 Å². The Bertz CT molecular complexity index is 111. The normalized spacial score (nSPS) is 12.4. The summed E-state index contributed by atoms with van der Waals surface area (Å²) in [6, 6.07) is -1.44. The molecule has 0 aliphatic heterocycles. The Balaban J connectivity index is 0. The average molecular weight is 176 g/mol. The Morgan fingerprint density at radius 2 is 2.00 bits per heavy atom. The summed E-state index contributed by atoms with van der Waals surface area (Å²) in [5, 5.41) is 7.97. The molecule has 0 aromatic heterocycles. The van der Waals surface area contributed by atoms with Crippen LogP contribution in [0.4, 0.5) is 8.78 Å². The predicted octanol–water partition coefficient (Wildman–Crippen LogP) is 0.475. The van der Waals surface area contributed by atoms with Crippen molar-refractivity contribution >= 4 is 18.4 Å².